The minimum Gasteiger partial charge on any atom is -0.493 e. The molecule has 0 saturated carbocycles. The normalized spacial score (nSPS) is 21.3. The van der Waals surface area contributed by atoms with Crippen molar-refractivity contribution in [3.8, 4) is 11.4 Å². The molecule has 2 aromatic rings. The molecule has 1 aromatic heterocycles. The van der Waals surface area contributed by atoms with Gasteiger partial charge < -0.3 is 14.4 Å². The SMILES string of the molecule is COc1cn(-c2ccccc2)nc1C(=O)N1C[C@H](C)OC[C@H]1C. The zero-order valence-electron chi connectivity index (χ0n) is 13.6. The summed E-state index contributed by atoms with van der Waals surface area (Å²) in [6.45, 7) is 5.03. The zero-order chi connectivity index (χ0) is 16.4. The van der Waals surface area contributed by atoms with Crippen molar-refractivity contribution in [3.05, 3.63) is 42.2 Å². The summed E-state index contributed by atoms with van der Waals surface area (Å²) >= 11 is 0. The van der Waals surface area contributed by atoms with Crippen LogP contribution in [0.1, 0.15) is 24.3 Å². The van der Waals surface area contributed by atoms with Gasteiger partial charge >= 0.3 is 0 Å². The third-order valence-corrected chi connectivity index (χ3v) is 3.99. The van der Waals surface area contributed by atoms with Crippen molar-refractivity contribution in [2.24, 2.45) is 0 Å². The van der Waals surface area contributed by atoms with Gasteiger partial charge in [0.25, 0.3) is 5.91 Å². The van der Waals surface area contributed by atoms with Gasteiger partial charge in [-0.3, -0.25) is 4.79 Å². The third kappa shape index (κ3) is 3.07. The first kappa shape index (κ1) is 15.6. The average molecular weight is 315 g/mol. The first-order valence-electron chi connectivity index (χ1n) is 7.71. The molecule has 6 nitrogen and oxygen atoms in total. The Labute approximate surface area is 135 Å². The van der Waals surface area contributed by atoms with Gasteiger partial charge in [0.15, 0.2) is 11.4 Å². The minimum atomic E-state index is -0.126. The molecule has 122 valence electrons. The Balaban J connectivity index is 1.92. The van der Waals surface area contributed by atoms with Crippen molar-refractivity contribution in [1.29, 1.82) is 0 Å². The van der Waals surface area contributed by atoms with Crippen LogP contribution in [-0.4, -0.2) is 53.0 Å². The van der Waals surface area contributed by atoms with Gasteiger partial charge in [-0.2, -0.15) is 5.10 Å². The van der Waals surface area contributed by atoms with Crippen LogP contribution in [0.3, 0.4) is 0 Å². The summed E-state index contributed by atoms with van der Waals surface area (Å²) in [7, 11) is 1.55. The molecule has 0 bridgehead atoms. The van der Waals surface area contributed by atoms with Gasteiger partial charge in [0, 0.05) is 6.54 Å². The van der Waals surface area contributed by atoms with Crippen molar-refractivity contribution in [2.75, 3.05) is 20.3 Å². The highest BCUT2D eigenvalue weighted by Crippen LogP contribution is 2.23. The number of ether oxygens (including phenoxy) is 2. The number of benzene rings is 1. The molecule has 1 aliphatic rings. The number of carbonyl (C=O) groups is 1. The Morgan fingerprint density at radius 3 is 2.74 bits per heavy atom. The molecule has 1 fully saturated rings. The van der Waals surface area contributed by atoms with Crippen LogP contribution in [0.15, 0.2) is 36.5 Å². The Morgan fingerprint density at radius 1 is 1.30 bits per heavy atom. The quantitative estimate of drug-likeness (QED) is 0.871. The fourth-order valence-corrected chi connectivity index (χ4v) is 2.69. The Bertz CT molecular complexity index is 684. The van der Waals surface area contributed by atoms with Gasteiger partial charge in [-0.25, -0.2) is 4.68 Å². The molecule has 2 heterocycles. The summed E-state index contributed by atoms with van der Waals surface area (Å²) in [5.41, 5.74) is 1.21. The summed E-state index contributed by atoms with van der Waals surface area (Å²) in [6, 6.07) is 9.67. The number of nitrogens with zero attached hydrogens (tertiary/aromatic N) is 3. The molecule has 23 heavy (non-hydrogen) atoms. The van der Waals surface area contributed by atoms with Crippen LogP contribution in [0.4, 0.5) is 0 Å². The van der Waals surface area contributed by atoms with E-state index in [-0.39, 0.29) is 18.1 Å². The van der Waals surface area contributed by atoms with E-state index in [9.17, 15) is 4.79 Å². The molecule has 0 unspecified atom stereocenters. The second kappa shape index (κ2) is 6.42. The lowest BCUT2D eigenvalue weighted by Crippen LogP contribution is -2.50. The maximum atomic E-state index is 12.9. The molecule has 1 amide bonds. The van der Waals surface area contributed by atoms with Crippen molar-refractivity contribution >= 4 is 5.91 Å². The molecule has 2 atom stereocenters. The summed E-state index contributed by atoms with van der Waals surface area (Å²) in [6.07, 6.45) is 1.76. The van der Waals surface area contributed by atoms with Crippen LogP contribution in [0, 0.1) is 0 Å². The van der Waals surface area contributed by atoms with Crippen LogP contribution < -0.4 is 4.74 Å². The molecule has 1 aliphatic heterocycles. The largest absolute Gasteiger partial charge is 0.493 e. The van der Waals surface area contributed by atoms with Gasteiger partial charge in [0.1, 0.15) is 0 Å². The fourth-order valence-electron chi connectivity index (χ4n) is 2.69. The number of carbonyl (C=O) groups excluding carboxylic acids is 1. The number of amides is 1. The van der Waals surface area contributed by atoms with E-state index in [4.69, 9.17) is 9.47 Å². The molecular weight excluding hydrogens is 294 g/mol. The average Bonchev–Trinajstić information content (AvgIpc) is 3.01. The molecule has 3 rings (SSSR count). The number of hydrogen-bond donors (Lipinski definition) is 0. The van der Waals surface area contributed by atoms with E-state index in [2.05, 4.69) is 5.10 Å². The molecule has 0 N–H and O–H groups in total. The van der Waals surface area contributed by atoms with Crippen molar-refractivity contribution in [2.45, 2.75) is 26.0 Å². The monoisotopic (exact) mass is 315 g/mol. The molecular formula is C17H21N3O3. The van der Waals surface area contributed by atoms with E-state index < -0.39 is 0 Å². The van der Waals surface area contributed by atoms with E-state index in [0.717, 1.165) is 5.69 Å². The first-order valence-corrected chi connectivity index (χ1v) is 7.71. The lowest BCUT2D eigenvalue weighted by atomic mass is 10.2. The highest BCUT2D eigenvalue weighted by atomic mass is 16.5. The summed E-state index contributed by atoms with van der Waals surface area (Å²) in [4.78, 5) is 14.7. The van der Waals surface area contributed by atoms with Gasteiger partial charge in [-0.1, -0.05) is 18.2 Å². The number of morpholine rings is 1. The summed E-state index contributed by atoms with van der Waals surface area (Å²) in [5, 5.41) is 4.45. The second-order valence-electron chi connectivity index (χ2n) is 5.78. The van der Waals surface area contributed by atoms with Crippen molar-refractivity contribution in [3.63, 3.8) is 0 Å². The van der Waals surface area contributed by atoms with Crippen molar-refractivity contribution in [1.82, 2.24) is 14.7 Å². The van der Waals surface area contributed by atoms with Gasteiger partial charge in [0.05, 0.1) is 37.7 Å². The minimum absolute atomic E-state index is 0.0188. The Hall–Kier alpha value is -2.34. The van der Waals surface area contributed by atoms with Crippen LogP contribution >= 0.6 is 0 Å². The Kier molecular flexibility index (Phi) is 4.34. The van der Waals surface area contributed by atoms with Gasteiger partial charge in [0.2, 0.25) is 0 Å². The fraction of sp³-hybridized carbons (Fsp3) is 0.412. The molecule has 0 spiro atoms. The van der Waals surface area contributed by atoms with E-state index in [1.807, 2.05) is 44.2 Å². The van der Waals surface area contributed by atoms with Gasteiger partial charge in [-0.05, 0) is 26.0 Å². The highest BCUT2D eigenvalue weighted by molar-refractivity contribution is 5.95. The second-order valence-corrected chi connectivity index (χ2v) is 5.78. The molecule has 0 aliphatic carbocycles. The maximum absolute atomic E-state index is 12.9. The number of aromatic nitrogens is 2. The summed E-state index contributed by atoms with van der Waals surface area (Å²) < 4.78 is 12.6. The predicted octanol–water partition coefficient (Wildman–Crippen LogP) is 2.13. The molecule has 1 aromatic carbocycles. The lowest BCUT2D eigenvalue weighted by Gasteiger charge is -2.36. The lowest BCUT2D eigenvalue weighted by molar-refractivity contribution is -0.0390. The highest BCUT2D eigenvalue weighted by Gasteiger charge is 2.31. The first-order chi connectivity index (χ1) is 11.1. The molecule has 6 heteroatoms. The van der Waals surface area contributed by atoms with E-state index in [1.165, 1.54) is 0 Å². The number of hydrogen-bond acceptors (Lipinski definition) is 4. The number of methoxy groups -OCH3 is 1. The molecule has 1 saturated heterocycles. The third-order valence-electron chi connectivity index (χ3n) is 3.99. The number of para-hydroxylation sites is 1. The maximum Gasteiger partial charge on any atom is 0.278 e. The smallest absolute Gasteiger partial charge is 0.278 e. The van der Waals surface area contributed by atoms with E-state index in [0.29, 0.717) is 24.6 Å². The van der Waals surface area contributed by atoms with Crippen LogP contribution in [-0.2, 0) is 4.74 Å². The van der Waals surface area contributed by atoms with Gasteiger partial charge in [-0.15, -0.1) is 0 Å². The van der Waals surface area contributed by atoms with Crippen LogP contribution in [0.5, 0.6) is 5.75 Å². The predicted molar refractivity (Wildman–Crippen MR) is 86.0 cm³/mol. The topological polar surface area (TPSA) is 56.6 Å². The van der Waals surface area contributed by atoms with E-state index >= 15 is 0 Å². The Morgan fingerprint density at radius 2 is 2.04 bits per heavy atom. The molecule has 0 radical (unpaired) electrons. The van der Waals surface area contributed by atoms with E-state index in [1.54, 1.807) is 22.9 Å². The van der Waals surface area contributed by atoms with Crippen LogP contribution in [0.25, 0.3) is 5.69 Å². The number of rotatable bonds is 3. The van der Waals surface area contributed by atoms with Crippen LogP contribution in [0.2, 0.25) is 0 Å². The zero-order valence-corrected chi connectivity index (χ0v) is 13.6. The standard InChI is InChI=1S/C17H21N3O3/c1-12-11-23-13(2)9-19(12)17(21)16-15(22-3)10-20(18-16)14-7-5-4-6-8-14/h4-8,10,12-13H,9,11H2,1-3H3/t12-,13+/m1/s1. The summed E-state index contributed by atoms with van der Waals surface area (Å²) in [5.74, 6) is 0.351. The van der Waals surface area contributed by atoms with Crippen molar-refractivity contribution < 1.29 is 14.3 Å².